The first kappa shape index (κ1) is 18.8. The van der Waals surface area contributed by atoms with E-state index in [9.17, 15) is 0 Å². The Morgan fingerprint density at radius 2 is 1.79 bits per heavy atom. The van der Waals surface area contributed by atoms with Gasteiger partial charge in [-0.25, -0.2) is 0 Å². The van der Waals surface area contributed by atoms with Gasteiger partial charge in [0.1, 0.15) is 12.4 Å². The third-order valence-corrected chi connectivity index (χ3v) is 5.21. The van der Waals surface area contributed by atoms with Crippen LogP contribution >= 0.6 is 23.2 Å². The number of nitrogens with zero attached hydrogens (tertiary/aromatic N) is 1. The molecule has 0 fully saturated rings. The van der Waals surface area contributed by atoms with Crippen LogP contribution in [-0.4, -0.2) is 12.3 Å². The van der Waals surface area contributed by atoms with Crippen molar-refractivity contribution in [2.24, 2.45) is 4.99 Å². The lowest BCUT2D eigenvalue weighted by molar-refractivity contribution is 0.306. The number of fused-ring (bicyclic) bond motifs is 1. The van der Waals surface area contributed by atoms with Crippen molar-refractivity contribution >= 4 is 35.0 Å². The summed E-state index contributed by atoms with van der Waals surface area (Å²) >= 11 is 12.2. The maximum atomic E-state index is 6.26. The molecular weight excluding hydrogens is 389 g/mol. The third kappa shape index (κ3) is 4.46. The standard InChI is InChI=1S/C24H19Cl2NO/c25-20-8-6-18(23(26)15-20)7-11-24-22-10-9-21(14-19(22)12-13-27-24)28-16-17-4-2-1-3-5-17/h1-11,14-15H,12-13,16H2. The summed E-state index contributed by atoms with van der Waals surface area (Å²) < 4.78 is 5.96. The molecule has 0 unspecified atom stereocenters. The normalized spacial score (nSPS) is 13.3. The minimum atomic E-state index is 0.565. The van der Waals surface area contributed by atoms with Gasteiger partial charge in [-0.05, 0) is 59.5 Å². The van der Waals surface area contributed by atoms with Crippen LogP contribution in [0.15, 0.2) is 77.8 Å². The summed E-state index contributed by atoms with van der Waals surface area (Å²) in [6, 6.07) is 21.9. The van der Waals surface area contributed by atoms with E-state index in [0.717, 1.165) is 41.1 Å². The Morgan fingerprint density at radius 1 is 0.929 bits per heavy atom. The molecule has 1 aliphatic heterocycles. The Labute approximate surface area is 175 Å². The van der Waals surface area contributed by atoms with E-state index in [-0.39, 0.29) is 0 Å². The minimum Gasteiger partial charge on any atom is -0.489 e. The van der Waals surface area contributed by atoms with Gasteiger partial charge in [-0.1, -0.05) is 65.7 Å². The van der Waals surface area contributed by atoms with E-state index in [1.54, 1.807) is 6.07 Å². The van der Waals surface area contributed by atoms with Gasteiger partial charge < -0.3 is 4.74 Å². The van der Waals surface area contributed by atoms with Gasteiger partial charge in [0.25, 0.3) is 0 Å². The molecule has 0 saturated carbocycles. The lowest BCUT2D eigenvalue weighted by atomic mass is 9.96. The summed E-state index contributed by atoms with van der Waals surface area (Å²) in [5, 5.41) is 1.26. The highest BCUT2D eigenvalue weighted by atomic mass is 35.5. The molecule has 3 aromatic carbocycles. The fourth-order valence-corrected chi connectivity index (χ4v) is 3.66. The Kier molecular flexibility index (Phi) is 5.80. The van der Waals surface area contributed by atoms with Gasteiger partial charge in [0, 0.05) is 22.2 Å². The van der Waals surface area contributed by atoms with Crippen molar-refractivity contribution < 1.29 is 4.74 Å². The van der Waals surface area contributed by atoms with Crippen molar-refractivity contribution in [3.8, 4) is 5.75 Å². The molecule has 1 heterocycles. The van der Waals surface area contributed by atoms with E-state index in [4.69, 9.17) is 27.9 Å². The number of halogens is 2. The topological polar surface area (TPSA) is 21.6 Å². The quantitative estimate of drug-likeness (QED) is 0.464. The summed E-state index contributed by atoms with van der Waals surface area (Å²) in [5.41, 5.74) is 5.43. The van der Waals surface area contributed by atoms with Gasteiger partial charge in [0.05, 0.1) is 5.71 Å². The molecule has 0 amide bonds. The van der Waals surface area contributed by atoms with Crippen molar-refractivity contribution in [2.45, 2.75) is 13.0 Å². The van der Waals surface area contributed by atoms with Crippen molar-refractivity contribution in [2.75, 3.05) is 6.54 Å². The zero-order valence-corrected chi connectivity index (χ0v) is 16.8. The predicted molar refractivity (Wildman–Crippen MR) is 118 cm³/mol. The molecule has 3 aromatic rings. The average molecular weight is 408 g/mol. The summed E-state index contributed by atoms with van der Waals surface area (Å²) in [4.78, 5) is 4.68. The Hall–Kier alpha value is -2.55. The molecule has 0 bridgehead atoms. The molecule has 0 aliphatic carbocycles. The number of aliphatic imine (C=N–C) groups is 1. The largest absolute Gasteiger partial charge is 0.489 e. The highest BCUT2D eigenvalue weighted by molar-refractivity contribution is 6.35. The number of benzene rings is 3. The van der Waals surface area contributed by atoms with E-state index in [0.29, 0.717) is 16.7 Å². The van der Waals surface area contributed by atoms with Gasteiger partial charge in [0.15, 0.2) is 0 Å². The van der Waals surface area contributed by atoms with E-state index >= 15 is 0 Å². The molecule has 0 spiro atoms. The first-order chi connectivity index (χ1) is 13.7. The number of hydrogen-bond donors (Lipinski definition) is 0. The van der Waals surface area contributed by atoms with Gasteiger partial charge >= 0.3 is 0 Å². The summed E-state index contributed by atoms with van der Waals surface area (Å²) in [6.07, 6.45) is 4.90. The van der Waals surface area contributed by atoms with E-state index < -0.39 is 0 Å². The third-order valence-electron chi connectivity index (χ3n) is 4.65. The van der Waals surface area contributed by atoms with Gasteiger partial charge in [-0.3, -0.25) is 4.99 Å². The van der Waals surface area contributed by atoms with Crippen molar-refractivity contribution in [3.05, 3.63) is 105 Å². The van der Waals surface area contributed by atoms with Crippen LogP contribution in [-0.2, 0) is 13.0 Å². The van der Waals surface area contributed by atoms with Crippen LogP contribution < -0.4 is 4.74 Å². The lowest BCUT2D eigenvalue weighted by Gasteiger charge is -2.16. The molecule has 2 nitrogen and oxygen atoms in total. The fraction of sp³-hybridized carbons (Fsp3) is 0.125. The molecule has 4 rings (SSSR count). The van der Waals surface area contributed by atoms with Crippen molar-refractivity contribution in [3.63, 3.8) is 0 Å². The molecule has 0 radical (unpaired) electrons. The first-order valence-corrected chi connectivity index (χ1v) is 9.92. The maximum Gasteiger partial charge on any atom is 0.120 e. The van der Waals surface area contributed by atoms with Crippen LogP contribution in [0.25, 0.3) is 6.08 Å². The van der Waals surface area contributed by atoms with Crippen LogP contribution in [0.1, 0.15) is 22.3 Å². The van der Waals surface area contributed by atoms with Gasteiger partial charge in [-0.2, -0.15) is 0 Å². The van der Waals surface area contributed by atoms with Crippen molar-refractivity contribution in [1.82, 2.24) is 0 Å². The van der Waals surface area contributed by atoms with Crippen LogP contribution in [0.5, 0.6) is 5.75 Å². The number of hydrogen-bond acceptors (Lipinski definition) is 2. The highest BCUT2D eigenvalue weighted by Crippen LogP contribution is 2.25. The van der Waals surface area contributed by atoms with Crippen LogP contribution in [0.4, 0.5) is 0 Å². The zero-order chi connectivity index (χ0) is 19.3. The number of rotatable bonds is 5. The summed E-state index contributed by atoms with van der Waals surface area (Å²) in [6.45, 7) is 1.33. The second-order valence-corrected chi connectivity index (χ2v) is 7.45. The second kappa shape index (κ2) is 8.64. The van der Waals surface area contributed by atoms with E-state index in [2.05, 4.69) is 29.3 Å². The molecule has 0 N–H and O–H groups in total. The fourth-order valence-electron chi connectivity index (χ4n) is 3.19. The number of ether oxygens (including phenoxy) is 1. The van der Waals surface area contributed by atoms with Crippen molar-refractivity contribution in [1.29, 1.82) is 0 Å². The average Bonchev–Trinajstić information content (AvgIpc) is 2.72. The Morgan fingerprint density at radius 3 is 2.61 bits per heavy atom. The molecule has 1 aliphatic rings. The molecule has 4 heteroatoms. The second-order valence-electron chi connectivity index (χ2n) is 6.61. The first-order valence-electron chi connectivity index (χ1n) is 9.17. The molecule has 0 aromatic heterocycles. The Bertz CT molecular complexity index is 1040. The molecule has 140 valence electrons. The van der Waals surface area contributed by atoms with Gasteiger partial charge in [0.2, 0.25) is 0 Å². The maximum absolute atomic E-state index is 6.26. The van der Waals surface area contributed by atoms with E-state index in [1.165, 1.54) is 5.56 Å². The van der Waals surface area contributed by atoms with Crippen LogP contribution in [0.2, 0.25) is 10.0 Å². The molecule has 28 heavy (non-hydrogen) atoms. The smallest absolute Gasteiger partial charge is 0.120 e. The SMILES string of the molecule is Clc1ccc(C=CC2=NCCc3cc(OCc4ccccc4)ccc32)c(Cl)c1. The monoisotopic (exact) mass is 407 g/mol. The predicted octanol–water partition coefficient (Wildman–Crippen LogP) is 6.63. The van der Waals surface area contributed by atoms with Crippen LogP contribution in [0, 0.1) is 0 Å². The molecule has 0 saturated heterocycles. The minimum absolute atomic E-state index is 0.565. The molecular formula is C24H19Cl2NO. The lowest BCUT2D eigenvalue weighted by Crippen LogP contribution is -2.11. The van der Waals surface area contributed by atoms with E-state index in [1.807, 2.05) is 48.6 Å². The molecule has 0 atom stereocenters. The highest BCUT2D eigenvalue weighted by Gasteiger charge is 2.13. The van der Waals surface area contributed by atoms with Crippen LogP contribution in [0.3, 0.4) is 0 Å². The summed E-state index contributed by atoms with van der Waals surface area (Å²) in [7, 11) is 0. The zero-order valence-electron chi connectivity index (χ0n) is 15.2. The Balaban J connectivity index is 1.51. The van der Waals surface area contributed by atoms with Gasteiger partial charge in [-0.15, -0.1) is 0 Å². The summed E-state index contributed by atoms with van der Waals surface area (Å²) in [5.74, 6) is 0.883. The number of allylic oxidation sites excluding steroid dienone is 1.